The Hall–Kier alpha value is -2.04. The zero-order valence-electron chi connectivity index (χ0n) is 12.7. The van der Waals surface area contributed by atoms with E-state index in [9.17, 15) is 4.79 Å². The summed E-state index contributed by atoms with van der Waals surface area (Å²) in [6, 6.07) is 7.86. The molecule has 0 aliphatic rings. The monoisotopic (exact) mass is 277 g/mol. The molecule has 5 N–H and O–H groups in total. The first-order chi connectivity index (χ1) is 9.32. The highest BCUT2D eigenvalue weighted by atomic mass is 16.1. The Bertz CT molecular complexity index is 496. The molecule has 5 nitrogen and oxygen atoms in total. The maximum Gasteiger partial charge on any atom is 0.344 e. The van der Waals surface area contributed by atoms with E-state index in [0.29, 0.717) is 30.2 Å². The first-order valence-electron chi connectivity index (χ1n) is 6.86. The van der Waals surface area contributed by atoms with Crippen molar-refractivity contribution >= 4 is 11.9 Å². The summed E-state index contributed by atoms with van der Waals surface area (Å²) in [7, 11) is 0. The van der Waals surface area contributed by atoms with Gasteiger partial charge in [-0.05, 0) is 45.4 Å². The molecule has 0 atom stereocenters. The summed E-state index contributed by atoms with van der Waals surface area (Å²) in [5, 5.41) is 3.20. The fourth-order valence-corrected chi connectivity index (χ4v) is 2.27. The Balaban J connectivity index is 2.83. The van der Waals surface area contributed by atoms with Crippen LogP contribution in [0.25, 0.3) is 0 Å². The molecular weight excluding hydrogens is 252 g/mol. The third-order valence-corrected chi connectivity index (χ3v) is 3.08. The predicted molar refractivity (Wildman–Crippen MR) is 81.5 cm³/mol. The van der Waals surface area contributed by atoms with Crippen molar-refractivity contribution in [1.29, 1.82) is 0 Å². The lowest BCUT2D eigenvalue weighted by molar-refractivity contribution is -0.590. The topological polar surface area (TPSA) is 84.2 Å². The Morgan fingerprint density at radius 1 is 1.20 bits per heavy atom. The van der Waals surface area contributed by atoms with Crippen LogP contribution in [0, 0.1) is 0 Å². The van der Waals surface area contributed by atoms with Gasteiger partial charge in [0.25, 0.3) is 0 Å². The second kappa shape index (κ2) is 6.93. The molecule has 0 heterocycles. The van der Waals surface area contributed by atoms with Gasteiger partial charge < -0.3 is 5.73 Å². The molecule has 1 rings (SSSR count). The van der Waals surface area contributed by atoms with E-state index in [1.807, 2.05) is 12.1 Å². The number of benzene rings is 1. The molecule has 0 saturated heterocycles. The molecule has 0 radical (unpaired) electrons. The smallest absolute Gasteiger partial charge is 0.344 e. The number of hydrogen-bond donors (Lipinski definition) is 3. The number of hydrogen-bond acceptors (Lipinski definition) is 1. The molecule has 0 bridgehead atoms. The van der Waals surface area contributed by atoms with Crippen LogP contribution in [0.3, 0.4) is 0 Å². The number of nitrogens with two attached hydrogens (primary N) is 2. The Labute approximate surface area is 120 Å². The zero-order valence-corrected chi connectivity index (χ0v) is 12.7. The number of nitrogens with zero attached hydrogens (tertiary/aromatic N) is 1. The van der Waals surface area contributed by atoms with Gasteiger partial charge in [0.05, 0.1) is 18.6 Å². The molecule has 0 aliphatic carbocycles. The SMILES string of the molecule is CC(C)[N+](=C(N)NCc1cccc(C(N)=O)c1)C(C)C. The third kappa shape index (κ3) is 4.26. The molecule has 110 valence electrons. The first-order valence-corrected chi connectivity index (χ1v) is 6.86. The standard InChI is InChI=1S/C15H24N4O/c1-10(2)19(11(3)4)15(17)18-9-12-6-5-7-13(8-12)14(16)20/h5-8,10-11H,9H2,1-4H3,(H4,16,17,18,20)/p+1. The normalized spacial score (nSPS) is 10.7. The molecule has 1 aromatic rings. The molecule has 5 heteroatoms. The van der Waals surface area contributed by atoms with Crippen molar-refractivity contribution in [1.82, 2.24) is 5.32 Å². The summed E-state index contributed by atoms with van der Waals surface area (Å²) in [6.07, 6.45) is 0. The van der Waals surface area contributed by atoms with Crippen LogP contribution in [0.1, 0.15) is 43.6 Å². The van der Waals surface area contributed by atoms with Crippen molar-refractivity contribution in [3.63, 3.8) is 0 Å². The highest BCUT2D eigenvalue weighted by molar-refractivity contribution is 5.92. The van der Waals surface area contributed by atoms with Crippen molar-refractivity contribution in [3.8, 4) is 0 Å². The molecule has 0 fully saturated rings. The molecule has 0 saturated carbocycles. The lowest BCUT2D eigenvalue weighted by Crippen LogP contribution is -2.45. The molecular formula is C15H25N4O+. The second-order valence-electron chi connectivity index (χ2n) is 5.40. The van der Waals surface area contributed by atoms with Crippen LogP contribution in [0.2, 0.25) is 0 Å². The van der Waals surface area contributed by atoms with Gasteiger partial charge >= 0.3 is 5.96 Å². The molecule has 1 amide bonds. The van der Waals surface area contributed by atoms with Crippen LogP contribution in [0.15, 0.2) is 24.3 Å². The zero-order chi connectivity index (χ0) is 15.3. The molecule has 20 heavy (non-hydrogen) atoms. The van der Waals surface area contributed by atoms with Gasteiger partial charge in [-0.15, -0.1) is 0 Å². The summed E-state index contributed by atoms with van der Waals surface area (Å²) in [5.74, 6) is 0.217. The minimum Gasteiger partial charge on any atom is -0.366 e. The number of carbonyl (C=O) groups excluding carboxylic acids is 1. The predicted octanol–water partition coefficient (Wildman–Crippen LogP) is 1.02. The van der Waals surface area contributed by atoms with E-state index in [1.165, 1.54) is 0 Å². The van der Waals surface area contributed by atoms with Crippen molar-refractivity contribution in [2.24, 2.45) is 11.5 Å². The number of guanidine groups is 1. The minimum atomic E-state index is -0.421. The average Bonchev–Trinajstić information content (AvgIpc) is 2.35. The molecule has 0 aromatic heterocycles. The average molecular weight is 277 g/mol. The Morgan fingerprint density at radius 3 is 2.30 bits per heavy atom. The maximum absolute atomic E-state index is 11.1. The van der Waals surface area contributed by atoms with Crippen molar-refractivity contribution in [3.05, 3.63) is 35.4 Å². The number of nitrogens with one attached hydrogen (secondary N) is 1. The maximum atomic E-state index is 11.1. The van der Waals surface area contributed by atoms with E-state index in [-0.39, 0.29) is 0 Å². The van der Waals surface area contributed by atoms with Gasteiger partial charge in [0, 0.05) is 5.56 Å². The highest BCUT2D eigenvalue weighted by Crippen LogP contribution is 2.04. The summed E-state index contributed by atoms with van der Waals surface area (Å²) in [5.41, 5.74) is 12.9. The molecule has 1 aromatic carbocycles. The minimum absolute atomic E-state index is 0.319. The third-order valence-electron chi connectivity index (χ3n) is 3.08. The molecule has 0 aliphatic heterocycles. The highest BCUT2D eigenvalue weighted by Gasteiger charge is 2.15. The van der Waals surface area contributed by atoms with Gasteiger partial charge in [-0.2, -0.15) is 0 Å². The largest absolute Gasteiger partial charge is 0.366 e. The van der Waals surface area contributed by atoms with Crippen LogP contribution < -0.4 is 16.8 Å². The summed E-state index contributed by atoms with van der Waals surface area (Å²) < 4.78 is 2.11. The number of rotatable bonds is 5. The fraction of sp³-hybridized carbons (Fsp3) is 0.467. The Morgan fingerprint density at radius 2 is 1.80 bits per heavy atom. The van der Waals surface area contributed by atoms with Gasteiger partial charge in [-0.3, -0.25) is 20.4 Å². The number of amides is 1. The van der Waals surface area contributed by atoms with E-state index in [4.69, 9.17) is 11.5 Å². The van der Waals surface area contributed by atoms with Gasteiger partial charge in [0.15, 0.2) is 0 Å². The van der Waals surface area contributed by atoms with Gasteiger partial charge in [-0.25, -0.2) is 0 Å². The van der Waals surface area contributed by atoms with Crippen LogP contribution in [0.4, 0.5) is 0 Å². The van der Waals surface area contributed by atoms with Crippen molar-refractivity contribution < 1.29 is 9.37 Å². The summed E-state index contributed by atoms with van der Waals surface area (Å²) in [4.78, 5) is 11.1. The van der Waals surface area contributed by atoms with Crippen LogP contribution in [0.5, 0.6) is 0 Å². The van der Waals surface area contributed by atoms with E-state index in [1.54, 1.807) is 12.1 Å². The first kappa shape index (κ1) is 16.0. The quantitative estimate of drug-likeness (QED) is 0.427. The van der Waals surface area contributed by atoms with E-state index >= 15 is 0 Å². The molecule has 0 spiro atoms. The lowest BCUT2D eigenvalue weighted by atomic mass is 10.1. The second-order valence-corrected chi connectivity index (χ2v) is 5.40. The van der Waals surface area contributed by atoms with E-state index in [0.717, 1.165) is 5.56 Å². The Kier molecular flexibility index (Phi) is 5.55. The van der Waals surface area contributed by atoms with Gasteiger partial charge in [0.2, 0.25) is 5.91 Å². The van der Waals surface area contributed by atoms with Crippen LogP contribution >= 0.6 is 0 Å². The van der Waals surface area contributed by atoms with Gasteiger partial charge in [0.1, 0.15) is 0 Å². The van der Waals surface area contributed by atoms with E-state index in [2.05, 4.69) is 37.6 Å². The number of primary amides is 1. The molecule has 0 unspecified atom stereocenters. The fourth-order valence-electron chi connectivity index (χ4n) is 2.27. The summed E-state index contributed by atoms with van der Waals surface area (Å²) >= 11 is 0. The lowest BCUT2D eigenvalue weighted by Gasteiger charge is -2.18. The van der Waals surface area contributed by atoms with Crippen LogP contribution in [-0.4, -0.2) is 28.5 Å². The van der Waals surface area contributed by atoms with E-state index < -0.39 is 5.91 Å². The van der Waals surface area contributed by atoms with Gasteiger partial charge in [-0.1, -0.05) is 12.1 Å². The number of carbonyl (C=O) groups is 1. The van der Waals surface area contributed by atoms with Crippen LogP contribution in [-0.2, 0) is 6.54 Å². The summed E-state index contributed by atoms with van der Waals surface area (Å²) in [6.45, 7) is 8.96. The van der Waals surface area contributed by atoms with Crippen molar-refractivity contribution in [2.45, 2.75) is 46.3 Å². The van der Waals surface area contributed by atoms with Crippen molar-refractivity contribution in [2.75, 3.05) is 0 Å².